The summed E-state index contributed by atoms with van der Waals surface area (Å²) in [6, 6.07) is 8.55. The topological polar surface area (TPSA) is 108 Å². The summed E-state index contributed by atoms with van der Waals surface area (Å²) in [7, 11) is 0. The Kier molecular flexibility index (Phi) is 4.31. The summed E-state index contributed by atoms with van der Waals surface area (Å²) in [6.07, 6.45) is 1.14. The van der Waals surface area contributed by atoms with Gasteiger partial charge >= 0.3 is 5.97 Å². The monoisotopic (exact) mass is 284 g/mol. The van der Waals surface area contributed by atoms with Crippen molar-refractivity contribution in [2.45, 2.75) is 6.92 Å². The molecule has 1 heterocycles. The van der Waals surface area contributed by atoms with E-state index in [0.717, 1.165) is 6.20 Å². The number of anilines is 1. The molecule has 0 saturated carbocycles. The van der Waals surface area contributed by atoms with Gasteiger partial charge in [-0.2, -0.15) is 5.26 Å². The number of ether oxygens (including phenoxy) is 1. The Bertz CT molecular complexity index is 802. The number of hydrogen-bond acceptors (Lipinski definition) is 6. The van der Waals surface area contributed by atoms with Gasteiger partial charge in [-0.25, -0.2) is 9.78 Å². The van der Waals surface area contributed by atoms with Gasteiger partial charge in [0.25, 0.3) is 5.56 Å². The van der Waals surface area contributed by atoms with E-state index in [4.69, 9.17) is 10.00 Å². The molecule has 7 heteroatoms. The molecule has 0 saturated heterocycles. The quantitative estimate of drug-likeness (QED) is 0.498. The number of aromatic amines is 1. The maximum Gasteiger partial charge on any atom is 0.350 e. The van der Waals surface area contributed by atoms with E-state index < -0.39 is 5.97 Å². The van der Waals surface area contributed by atoms with Gasteiger partial charge in [0.15, 0.2) is 5.57 Å². The lowest BCUT2D eigenvalue weighted by atomic mass is 10.2. The van der Waals surface area contributed by atoms with Crippen LogP contribution in [0.4, 0.5) is 5.95 Å². The molecule has 0 atom stereocenters. The molecule has 0 aliphatic carbocycles. The van der Waals surface area contributed by atoms with Crippen LogP contribution in [0.3, 0.4) is 0 Å². The van der Waals surface area contributed by atoms with Crippen molar-refractivity contribution in [1.29, 1.82) is 5.26 Å². The van der Waals surface area contributed by atoms with Gasteiger partial charge in [0.05, 0.1) is 17.5 Å². The van der Waals surface area contributed by atoms with E-state index in [1.165, 1.54) is 0 Å². The van der Waals surface area contributed by atoms with Gasteiger partial charge < -0.3 is 10.1 Å². The number of carbonyl (C=O) groups is 1. The van der Waals surface area contributed by atoms with Crippen LogP contribution in [-0.2, 0) is 9.53 Å². The number of nitrogens with zero attached hydrogens (tertiary/aromatic N) is 2. The largest absolute Gasteiger partial charge is 0.462 e. The van der Waals surface area contributed by atoms with Crippen LogP contribution >= 0.6 is 0 Å². The Labute approximate surface area is 119 Å². The number of carbonyl (C=O) groups excluding carboxylic acids is 1. The summed E-state index contributed by atoms with van der Waals surface area (Å²) in [4.78, 5) is 30.0. The molecule has 0 aliphatic heterocycles. The van der Waals surface area contributed by atoms with E-state index in [-0.39, 0.29) is 23.7 Å². The predicted molar refractivity (Wildman–Crippen MR) is 76.3 cm³/mol. The summed E-state index contributed by atoms with van der Waals surface area (Å²) in [5.74, 6) is -0.605. The third kappa shape index (κ3) is 3.25. The van der Waals surface area contributed by atoms with E-state index in [2.05, 4.69) is 15.3 Å². The molecule has 21 heavy (non-hydrogen) atoms. The molecule has 0 unspecified atom stereocenters. The number of para-hydroxylation sites is 1. The smallest absolute Gasteiger partial charge is 0.350 e. The summed E-state index contributed by atoms with van der Waals surface area (Å²) in [6.45, 7) is 1.81. The Morgan fingerprint density at radius 2 is 2.29 bits per heavy atom. The molecule has 1 aromatic carbocycles. The molecule has 0 radical (unpaired) electrons. The fourth-order valence-corrected chi connectivity index (χ4v) is 1.64. The molecular formula is C14H12N4O3. The second-order valence-corrected chi connectivity index (χ2v) is 3.97. The van der Waals surface area contributed by atoms with Crippen LogP contribution in [0.2, 0.25) is 0 Å². The number of hydrogen-bond donors (Lipinski definition) is 2. The second-order valence-electron chi connectivity index (χ2n) is 3.97. The lowest BCUT2D eigenvalue weighted by molar-refractivity contribution is -0.138. The predicted octanol–water partition coefficient (Wildman–Crippen LogP) is 1.31. The van der Waals surface area contributed by atoms with Gasteiger partial charge in [0.1, 0.15) is 6.07 Å². The van der Waals surface area contributed by atoms with E-state index in [1.54, 1.807) is 37.3 Å². The Morgan fingerprint density at radius 3 is 3.00 bits per heavy atom. The molecule has 0 spiro atoms. The molecule has 1 aromatic heterocycles. The van der Waals surface area contributed by atoms with Crippen molar-refractivity contribution in [2.24, 2.45) is 0 Å². The zero-order valence-electron chi connectivity index (χ0n) is 11.2. The minimum atomic E-state index is -0.740. The Morgan fingerprint density at radius 1 is 1.52 bits per heavy atom. The minimum Gasteiger partial charge on any atom is -0.462 e. The van der Waals surface area contributed by atoms with Crippen molar-refractivity contribution in [3.63, 3.8) is 0 Å². The lowest BCUT2D eigenvalue weighted by Gasteiger charge is -2.03. The highest BCUT2D eigenvalue weighted by Gasteiger charge is 2.09. The summed E-state index contributed by atoms with van der Waals surface area (Å²) >= 11 is 0. The van der Waals surface area contributed by atoms with Crippen LogP contribution in [0.25, 0.3) is 10.9 Å². The Hall–Kier alpha value is -3.14. The minimum absolute atomic E-state index is 0.135. The van der Waals surface area contributed by atoms with Crippen LogP contribution in [0.5, 0.6) is 0 Å². The van der Waals surface area contributed by atoms with Crippen molar-refractivity contribution < 1.29 is 9.53 Å². The van der Waals surface area contributed by atoms with Crippen LogP contribution in [-0.4, -0.2) is 22.5 Å². The van der Waals surface area contributed by atoms with Crippen LogP contribution in [0.15, 0.2) is 40.8 Å². The SMILES string of the molecule is CCOC(=O)/C(C#N)=C\Nc1nc2ccccc2c(=O)[nH]1. The van der Waals surface area contributed by atoms with Crippen molar-refractivity contribution in [3.8, 4) is 6.07 Å². The first kappa shape index (κ1) is 14.3. The zero-order valence-corrected chi connectivity index (χ0v) is 11.2. The summed E-state index contributed by atoms with van der Waals surface area (Å²) < 4.78 is 4.72. The Balaban J connectivity index is 2.30. The maximum atomic E-state index is 11.8. The third-order valence-corrected chi connectivity index (χ3v) is 2.58. The molecule has 0 fully saturated rings. The average molecular weight is 284 g/mol. The highest BCUT2D eigenvalue weighted by molar-refractivity contribution is 5.93. The van der Waals surface area contributed by atoms with Gasteiger partial charge in [-0.05, 0) is 19.1 Å². The number of nitrogens with one attached hydrogen (secondary N) is 2. The van der Waals surface area contributed by atoms with E-state index in [9.17, 15) is 9.59 Å². The van der Waals surface area contributed by atoms with E-state index in [0.29, 0.717) is 10.9 Å². The summed E-state index contributed by atoms with van der Waals surface area (Å²) in [5.41, 5.74) is -0.0226. The molecule has 0 bridgehead atoms. The normalized spacial score (nSPS) is 11.0. The van der Waals surface area contributed by atoms with Gasteiger partial charge in [0, 0.05) is 6.20 Å². The van der Waals surface area contributed by atoms with E-state index in [1.807, 2.05) is 0 Å². The second kappa shape index (κ2) is 6.34. The van der Waals surface area contributed by atoms with Crippen molar-refractivity contribution >= 4 is 22.8 Å². The number of nitriles is 1. The number of benzene rings is 1. The highest BCUT2D eigenvalue weighted by atomic mass is 16.5. The zero-order chi connectivity index (χ0) is 15.2. The lowest BCUT2D eigenvalue weighted by Crippen LogP contribution is -2.12. The first-order chi connectivity index (χ1) is 10.2. The fourth-order valence-electron chi connectivity index (χ4n) is 1.64. The maximum absolute atomic E-state index is 11.8. The third-order valence-electron chi connectivity index (χ3n) is 2.58. The number of H-pyrrole nitrogens is 1. The molecular weight excluding hydrogens is 272 g/mol. The van der Waals surface area contributed by atoms with Crippen LogP contribution < -0.4 is 10.9 Å². The van der Waals surface area contributed by atoms with Crippen LogP contribution in [0, 0.1) is 11.3 Å². The molecule has 0 amide bonds. The highest BCUT2D eigenvalue weighted by Crippen LogP contribution is 2.08. The molecule has 7 nitrogen and oxygen atoms in total. The number of rotatable bonds is 4. The number of fused-ring (bicyclic) bond motifs is 1. The summed E-state index contributed by atoms with van der Waals surface area (Å²) in [5, 5.41) is 11.9. The molecule has 106 valence electrons. The van der Waals surface area contributed by atoms with Crippen molar-refractivity contribution in [2.75, 3.05) is 11.9 Å². The van der Waals surface area contributed by atoms with Gasteiger partial charge in [-0.15, -0.1) is 0 Å². The fraction of sp³-hybridized carbons (Fsp3) is 0.143. The first-order valence-corrected chi connectivity index (χ1v) is 6.18. The van der Waals surface area contributed by atoms with Crippen molar-refractivity contribution in [3.05, 3.63) is 46.4 Å². The molecule has 0 aliphatic rings. The van der Waals surface area contributed by atoms with Gasteiger partial charge in [-0.3, -0.25) is 9.78 Å². The molecule has 2 rings (SSSR count). The molecule has 2 N–H and O–H groups in total. The van der Waals surface area contributed by atoms with E-state index >= 15 is 0 Å². The standard InChI is InChI=1S/C14H12N4O3/c1-2-21-13(20)9(7-15)8-16-14-17-11-6-4-3-5-10(11)12(19)18-14/h3-6,8H,2H2,1H3,(H2,16,17,18,19)/b9-8-. The van der Waals surface area contributed by atoms with Crippen LogP contribution in [0.1, 0.15) is 6.92 Å². The molecule has 2 aromatic rings. The average Bonchev–Trinajstić information content (AvgIpc) is 2.48. The van der Waals surface area contributed by atoms with Gasteiger partial charge in [-0.1, -0.05) is 12.1 Å². The van der Waals surface area contributed by atoms with Crippen molar-refractivity contribution in [1.82, 2.24) is 9.97 Å². The number of esters is 1. The number of aromatic nitrogens is 2. The van der Waals surface area contributed by atoms with Gasteiger partial charge in [0.2, 0.25) is 5.95 Å². The first-order valence-electron chi connectivity index (χ1n) is 6.18.